The second-order valence-corrected chi connectivity index (χ2v) is 10.5. The number of esters is 2. The Kier molecular flexibility index (Phi) is 5.55. The third-order valence-electron chi connectivity index (χ3n) is 9.67. The van der Waals surface area contributed by atoms with Gasteiger partial charge in [0, 0.05) is 24.5 Å². The van der Waals surface area contributed by atoms with Gasteiger partial charge in [-0.2, -0.15) is 0 Å². The first kappa shape index (κ1) is 21.8. The van der Waals surface area contributed by atoms with Crippen molar-refractivity contribution in [2.75, 3.05) is 20.3 Å². The number of methoxy groups -OCH3 is 1. The van der Waals surface area contributed by atoms with Gasteiger partial charge in [0.2, 0.25) is 0 Å². The van der Waals surface area contributed by atoms with E-state index in [9.17, 15) is 19.8 Å². The average Bonchev–Trinajstić information content (AvgIpc) is 3.24. The minimum atomic E-state index is -0.792. The van der Waals surface area contributed by atoms with E-state index in [2.05, 4.69) is 13.8 Å². The highest BCUT2D eigenvalue weighted by Crippen LogP contribution is 2.69. The number of aliphatic hydroxyl groups excluding tert-OH is 1. The van der Waals surface area contributed by atoms with Crippen molar-refractivity contribution in [1.29, 1.82) is 0 Å². The highest BCUT2D eigenvalue weighted by Gasteiger charge is 2.67. The van der Waals surface area contributed by atoms with Crippen LogP contribution in [0.2, 0.25) is 0 Å². The number of fused-ring (bicyclic) bond motifs is 3. The molecule has 6 heteroatoms. The van der Waals surface area contributed by atoms with E-state index in [1.807, 2.05) is 0 Å². The number of hydrogen-bond acceptors (Lipinski definition) is 6. The van der Waals surface area contributed by atoms with Crippen LogP contribution in [-0.2, 0) is 19.1 Å². The quantitative estimate of drug-likeness (QED) is 0.664. The van der Waals surface area contributed by atoms with E-state index in [-0.39, 0.29) is 53.0 Å². The van der Waals surface area contributed by atoms with Crippen molar-refractivity contribution >= 4 is 11.9 Å². The minimum absolute atomic E-state index is 0.0854. The summed E-state index contributed by atoms with van der Waals surface area (Å²) in [6.45, 7) is 4.85. The lowest BCUT2D eigenvalue weighted by Gasteiger charge is -2.62. The smallest absolute Gasteiger partial charge is 0.331 e. The zero-order valence-corrected chi connectivity index (χ0v) is 18.5. The van der Waals surface area contributed by atoms with E-state index < -0.39 is 5.60 Å². The van der Waals surface area contributed by atoms with Gasteiger partial charge in [-0.25, -0.2) is 4.79 Å². The Hall–Kier alpha value is -1.40. The van der Waals surface area contributed by atoms with Gasteiger partial charge >= 0.3 is 11.9 Å². The van der Waals surface area contributed by atoms with Gasteiger partial charge in [-0.15, -0.1) is 0 Å². The molecule has 0 aromatic heterocycles. The zero-order valence-electron chi connectivity index (χ0n) is 18.5. The molecule has 0 unspecified atom stereocenters. The summed E-state index contributed by atoms with van der Waals surface area (Å²) in [6, 6.07) is 0. The Balaban J connectivity index is 1.64. The molecule has 6 nitrogen and oxygen atoms in total. The van der Waals surface area contributed by atoms with Crippen LogP contribution in [-0.4, -0.2) is 48.1 Å². The SMILES string of the molecule is COC(=O)C[C@@H]1CC[C@@H]2[C@H](CC[C@]3(C)[C@@H](C4=CC(=O)OC4)CC[C@]23O)[C@@]1(C)CCO. The molecule has 3 aliphatic carbocycles. The molecule has 0 spiro atoms. The Morgan fingerprint density at radius 2 is 1.97 bits per heavy atom. The van der Waals surface area contributed by atoms with Crippen molar-refractivity contribution in [3.05, 3.63) is 11.6 Å². The molecule has 3 fully saturated rings. The van der Waals surface area contributed by atoms with E-state index in [1.165, 1.54) is 7.11 Å². The van der Waals surface area contributed by atoms with Gasteiger partial charge < -0.3 is 19.7 Å². The first-order valence-corrected chi connectivity index (χ1v) is 11.5. The van der Waals surface area contributed by atoms with Gasteiger partial charge in [-0.05, 0) is 79.6 Å². The molecule has 0 saturated heterocycles. The van der Waals surface area contributed by atoms with E-state index >= 15 is 0 Å². The second-order valence-electron chi connectivity index (χ2n) is 10.5. The van der Waals surface area contributed by atoms with E-state index in [4.69, 9.17) is 9.47 Å². The summed E-state index contributed by atoms with van der Waals surface area (Å²) in [5.41, 5.74) is -0.231. The first-order valence-electron chi connectivity index (χ1n) is 11.5. The van der Waals surface area contributed by atoms with Crippen molar-refractivity contribution in [3.8, 4) is 0 Å². The molecule has 3 saturated carbocycles. The van der Waals surface area contributed by atoms with Crippen LogP contribution in [0.15, 0.2) is 11.6 Å². The molecule has 1 aliphatic heterocycles. The predicted molar refractivity (Wildman–Crippen MR) is 110 cm³/mol. The summed E-state index contributed by atoms with van der Waals surface area (Å²) in [5.74, 6) is 0.279. The maximum Gasteiger partial charge on any atom is 0.331 e. The highest BCUT2D eigenvalue weighted by atomic mass is 16.5. The largest absolute Gasteiger partial charge is 0.469 e. The number of carbonyl (C=O) groups is 2. The summed E-state index contributed by atoms with van der Waals surface area (Å²) in [6.07, 6.45) is 7.86. The molecule has 1 heterocycles. The summed E-state index contributed by atoms with van der Waals surface area (Å²) in [4.78, 5) is 23.7. The molecule has 0 aromatic carbocycles. The molecule has 0 bridgehead atoms. The van der Waals surface area contributed by atoms with Gasteiger partial charge in [0.25, 0.3) is 0 Å². The van der Waals surface area contributed by atoms with Crippen LogP contribution in [0.1, 0.15) is 65.2 Å². The summed E-state index contributed by atoms with van der Waals surface area (Å²) in [7, 11) is 1.43. The normalized spacial score (nSPS) is 45.4. The molecule has 4 aliphatic rings. The van der Waals surface area contributed by atoms with E-state index in [1.54, 1.807) is 6.08 Å². The number of rotatable bonds is 5. The van der Waals surface area contributed by atoms with Crippen LogP contribution in [0.4, 0.5) is 0 Å². The van der Waals surface area contributed by atoms with Crippen LogP contribution in [0, 0.1) is 34.5 Å². The van der Waals surface area contributed by atoms with Gasteiger partial charge in [0.05, 0.1) is 12.7 Å². The van der Waals surface area contributed by atoms with Crippen molar-refractivity contribution in [2.24, 2.45) is 34.5 Å². The molecule has 2 N–H and O–H groups in total. The number of cyclic esters (lactones) is 1. The first-order chi connectivity index (χ1) is 14.2. The molecular weight excluding hydrogens is 384 g/mol. The molecule has 30 heavy (non-hydrogen) atoms. The topological polar surface area (TPSA) is 93.1 Å². The Morgan fingerprint density at radius 3 is 2.60 bits per heavy atom. The van der Waals surface area contributed by atoms with Crippen molar-refractivity contribution in [3.63, 3.8) is 0 Å². The molecule has 0 amide bonds. The second kappa shape index (κ2) is 7.63. The Labute approximate surface area is 179 Å². The molecular formula is C24H36O6. The summed E-state index contributed by atoms with van der Waals surface area (Å²) in [5, 5.41) is 22.0. The average molecular weight is 421 g/mol. The number of hydrogen-bond donors (Lipinski definition) is 2. The minimum Gasteiger partial charge on any atom is -0.469 e. The predicted octanol–water partition coefficient (Wildman–Crippen LogP) is 3.01. The van der Waals surface area contributed by atoms with Crippen molar-refractivity contribution < 1.29 is 29.3 Å². The van der Waals surface area contributed by atoms with E-state index in [0.29, 0.717) is 19.4 Å². The molecule has 168 valence electrons. The maximum atomic E-state index is 12.2. The van der Waals surface area contributed by atoms with Gasteiger partial charge in [-0.1, -0.05) is 13.8 Å². The fraction of sp³-hybridized carbons (Fsp3) is 0.833. The molecule has 4 rings (SSSR count). The highest BCUT2D eigenvalue weighted by molar-refractivity contribution is 5.85. The van der Waals surface area contributed by atoms with Crippen LogP contribution in [0.3, 0.4) is 0 Å². The number of aliphatic hydroxyl groups is 2. The third-order valence-corrected chi connectivity index (χ3v) is 9.67. The fourth-order valence-electron chi connectivity index (χ4n) is 7.94. The van der Waals surface area contributed by atoms with Crippen LogP contribution < -0.4 is 0 Å². The Morgan fingerprint density at radius 1 is 1.20 bits per heavy atom. The van der Waals surface area contributed by atoms with Gasteiger partial charge in [0.15, 0.2) is 0 Å². The van der Waals surface area contributed by atoms with Crippen LogP contribution >= 0.6 is 0 Å². The van der Waals surface area contributed by atoms with Crippen molar-refractivity contribution in [2.45, 2.75) is 70.8 Å². The van der Waals surface area contributed by atoms with Gasteiger partial charge in [-0.3, -0.25) is 4.79 Å². The monoisotopic (exact) mass is 420 g/mol. The maximum absolute atomic E-state index is 12.2. The zero-order chi connectivity index (χ0) is 21.7. The standard InChI is InChI=1S/C24H36O6/c1-22(10-11-25)16(13-20(26)29-3)4-5-19-18(22)6-8-23(2)17(7-9-24(19,23)28)15-12-21(27)30-14-15/h12,16-19,25,28H,4-11,13-14H2,1-3H3/t16-,17+,18-,19+,22-,23+,24-/m0/s1. The number of carbonyl (C=O) groups excluding carboxylic acids is 2. The number of ether oxygens (including phenoxy) is 2. The van der Waals surface area contributed by atoms with Crippen LogP contribution in [0.25, 0.3) is 0 Å². The molecule has 0 radical (unpaired) electrons. The summed E-state index contributed by atoms with van der Waals surface area (Å²) >= 11 is 0. The van der Waals surface area contributed by atoms with Gasteiger partial charge in [0.1, 0.15) is 6.61 Å². The lowest BCUT2D eigenvalue weighted by atomic mass is 9.44. The Bertz CT molecular complexity index is 746. The fourth-order valence-corrected chi connectivity index (χ4v) is 7.94. The third kappa shape index (κ3) is 3.05. The molecule has 7 atom stereocenters. The summed E-state index contributed by atoms with van der Waals surface area (Å²) < 4.78 is 10.1. The van der Waals surface area contributed by atoms with Crippen molar-refractivity contribution in [1.82, 2.24) is 0 Å². The van der Waals surface area contributed by atoms with E-state index in [0.717, 1.165) is 44.1 Å². The molecule has 0 aromatic rings. The lowest BCUT2D eigenvalue weighted by molar-refractivity contribution is -0.202. The van der Waals surface area contributed by atoms with Crippen LogP contribution in [0.5, 0.6) is 0 Å². The lowest BCUT2D eigenvalue weighted by Crippen LogP contribution is -2.61.